The number of pyridine rings is 1. The number of hydrogen-bond donors (Lipinski definition) is 2. The van der Waals surface area contributed by atoms with E-state index in [1.165, 1.54) is 5.56 Å². The van der Waals surface area contributed by atoms with Crippen molar-refractivity contribution in [1.29, 1.82) is 0 Å². The first-order chi connectivity index (χ1) is 14.9. The highest BCUT2D eigenvalue weighted by atomic mass is 35.5. The van der Waals surface area contributed by atoms with Crippen LogP contribution in [-0.2, 0) is 16.1 Å². The molecule has 0 spiro atoms. The summed E-state index contributed by atoms with van der Waals surface area (Å²) in [7, 11) is 0. The molecule has 0 bridgehead atoms. The summed E-state index contributed by atoms with van der Waals surface area (Å²) in [6.45, 7) is 3.92. The maximum absolute atomic E-state index is 11.1. The molecule has 0 atom stereocenters. The van der Waals surface area contributed by atoms with Crippen LogP contribution in [0.25, 0.3) is 0 Å². The Morgan fingerprint density at radius 1 is 1.13 bits per heavy atom. The van der Waals surface area contributed by atoms with Crippen LogP contribution in [-0.4, -0.2) is 58.7 Å². The number of carboxylic acids is 1. The predicted molar refractivity (Wildman–Crippen MR) is 120 cm³/mol. The molecule has 1 aromatic carbocycles. The lowest BCUT2D eigenvalue weighted by Crippen LogP contribution is -2.45. The Labute approximate surface area is 191 Å². The van der Waals surface area contributed by atoms with Gasteiger partial charge in [-0.3, -0.25) is 19.5 Å². The van der Waals surface area contributed by atoms with Gasteiger partial charge in [-0.15, -0.1) is 0 Å². The number of nitrogens with zero attached hydrogens (tertiary/aromatic N) is 3. The van der Waals surface area contributed by atoms with E-state index in [2.05, 4.69) is 26.9 Å². The fourth-order valence-corrected chi connectivity index (χ4v) is 4.64. The molecule has 166 valence electrons. The average molecular weight is 466 g/mol. The Kier molecular flexibility index (Phi) is 8.12. The van der Waals surface area contributed by atoms with Gasteiger partial charge >= 0.3 is 5.97 Å². The first-order valence-corrected chi connectivity index (χ1v) is 10.8. The maximum Gasteiger partial charge on any atom is 0.306 e. The topological polar surface area (TPSA) is 94.0 Å². The van der Waals surface area contributed by atoms with Crippen LogP contribution < -0.4 is 4.90 Å². The van der Waals surface area contributed by atoms with Crippen molar-refractivity contribution < 1.29 is 19.8 Å². The second-order valence-electron chi connectivity index (χ2n) is 7.75. The summed E-state index contributed by atoms with van der Waals surface area (Å²) in [4.78, 5) is 28.5. The van der Waals surface area contributed by atoms with E-state index in [-0.39, 0.29) is 12.4 Å². The third kappa shape index (κ3) is 5.87. The lowest BCUT2D eigenvalue weighted by Gasteiger charge is -2.42. The summed E-state index contributed by atoms with van der Waals surface area (Å²) < 4.78 is 0. The van der Waals surface area contributed by atoms with E-state index in [4.69, 9.17) is 38.2 Å². The number of carbonyl (C=O) groups is 2. The third-order valence-electron chi connectivity index (χ3n) is 5.78. The number of carboxylic acid groups (broad SMARTS) is 2. The van der Waals surface area contributed by atoms with Gasteiger partial charge in [-0.25, -0.2) is 0 Å². The van der Waals surface area contributed by atoms with Crippen molar-refractivity contribution in [3.8, 4) is 0 Å². The highest BCUT2D eigenvalue weighted by Crippen LogP contribution is 2.39. The highest BCUT2D eigenvalue weighted by molar-refractivity contribution is 6.39. The van der Waals surface area contributed by atoms with Crippen LogP contribution in [0.3, 0.4) is 0 Å². The lowest BCUT2D eigenvalue weighted by molar-refractivity contribution is -0.143. The van der Waals surface area contributed by atoms with Gasteiger partial charge in [0.15, 0.2) is 0 Å². The molecule has 2 aliphatic rings. The molecule has 0 unspecified atom stereocenters. The Hall–Kier alpha value is -2.35. The Morgan fingerprint density at radius 2 is 1.74 bits per heavy atom. The van der Waals surface area contributed by atoms with Gasteiger partial charge in [0.2, 0.25) is 0 Å². The number of anilines is 1. The van der Waals surface area contributed by atoms with Gasteiger partial charge in [0.05, 0.1) is 27.3 Å². The van der Waals surface area contributed by atoms with Crippen molar-refractivity contribution in [3.05, 3.63) is 57.8 Å². The summed E-state index contributed by atoms with van der Waals surface area (Å²) in [6, 6.07) is 9.84. The number of benzene rings is 1. The van der Waals surface area contributed by atoms with E-state index in [9.17, 15) is 4.79 Å². The molecule has 2 saturated heterocycles. The van der Waals surface area contributed by atoms with E-state index in [0.29, 0.717) is 16.0 Å². The molecule has 0 amide bonds. The van der Waals surface area contributed by atoms with Gasteiger partial charge in [0.1, 0.15) is 0 Å². The average Bonchev–Trinajstić information content (AvgIpc) is 2.71. The first-order valence-electron chi connectivity index (χ1n) is 10.1. The Bertz CT molecular complexity index is 876. The molecular formula is C22H25Cl2N3O4. The van der Waals surface area contributed by atoms with Crippen molar-refractivity contribution in [2.24, 2.45) is 5.92 Å². The summed E-state index contributed by atoms with van der Waals surface area (Å²) >= 11 is 12.6. The van der Waals surface area contributed by atoms with E-state index in [1.807, 2.05) is 24.4 Å². The number of hydrogen-bond acceptors (Lipinski definition) is 5. The van der Waals surface area contributed by atoms with Crippen LogP contribution in [0.15, 0.2) is 36.5 Å². The normalized spacial score (nSPS) is 17.4. The highest BCUT2D eigenvalue weighted by Gasteiger charge is 2.31. The number of aliphatic carboxylic acids is 1. The van der Waals surface area contributed by atoms with Gasteiger partial charge in [-0.05, 0) is 49.7 Å². The van der Waals surface area contributed by atoms with Crippen LogP contribution in [0.5, 0.6) is 0 Å². The van der Waals surface area contributed by atoms with Gasteiger partial charge < -0.3 is 15.1 Å². The molecule has 2 N–H and O–H groups in total. The van der Waals surface area contributed by atoms with Gasteiger partial charge in [0.25, 0.3) is 6.47 Å². The predicted octanol–water partition coefficient (Wildman–Crippen LogP) is 3.99. The largest absolute Gasteiger partial charge is 0.483 e. The third-order valence-corrected chi connectivity index (χ3v) is 6.39. The molecule has 31 heavy (non-hydrogen) atoms. The minimum atomic E-state index is -0.672. The van der Waals surface area contributed by atoms with Crippen molar-refractivity contribution in [1.82, 2.24) is 9.88 Å². The fraction of sp³-hybridized carbons (Fsp3) is 0.409. The minimum Gasteiger partial charge on any atom is -0.483 e. The van der Waals surface area contributed by atoms with Crippen LogP contribution in [0, 0.1) is 5.92 Å². The Morgan fingerprint density at radius 3 is 2.26 bits per heavy atom. The van der Waals surface area contributed by atoms with Gasteiger partial charge in [-0.2, -0.15) is 0 Å². The zero-order valence-electron chi connectivity index (χ0n) is 17.0. The molecule has 0 saturated carbocycles. The first kappa shape index (κ1) is 23.3. The molecular weight excluding hydrogens is 441 g/mol. The van der Waals surface area contributed by atoms with Crippen LogP contribution >= 0.6 is 23.2 Å². The maximum atomic E-state index is 11.1. The fourth-order valence-electron chi connectivity index (χ4n) is 4.00. The number of piperidine rings is 1. The summed E-state index contributed by atoms with van der Waals surface area (Å²) in [6.07, 6.45) is 3.40. The van der Waals surface area contributed by atoms with E-state index in [0.717, 1.165) is 56.9 Å². The second-order valence-corrected chi connectivity index (χ2v) is 8.56. The van der Waals surface area contributed by atoms with Crippen molar-refractivity contribution in [2.75, 3.05) is 31.1 Å². The molecule has 7 nitrogen and oxygen atoms in total. The number of halogens is 2. The van der Waals surface area contributed by atoms with Gasteiger partial charge in [-0.1, -0.05) is 35.3 Å². The van der Waals surface area contributed by atoms with Crippen LogP contribution in [0.1, 0.15) is 30.0 Å². The van der Waals surface area contributed by atoms with E-state index >= 15 is 0 Å². The number of aromatic nitrogens is 1. The molecule has 0 aliphatic carbocycles. The number of para-hydroxylation sites is 1. The second kappa shape index (κ2) is 10.8. The number of rotatable bonds is 5. The molecule has 2 aromatic rings. The SMILES string of the molecule is O=C(O)C1CCN(Cc2ccc(C3CN(c4c(Cl)cccc4Cl)C3)cn2)CC1.O=CO. The molecule has 0 radical (unpaired) electrons. The summed E-state index contributed by atoms with van der Waals surface area (Å²) in [5, 5.41) is 17.4. The zero-order valence-corrected chi connectivity index (χ0v) is 18.5. The molecule has 3 heterocycles. The smallest absolute Gasteiger partial charge is 0.306 e. The number of likely N-dealkylation sites (tertiary alicyclic amines) is 1. The summed E-state index contributed by atoms with van der Waals surface area (Å²) in [5.74, 6) is -0.435. The molecule has 2 fully saturated rings. The Balaban J connectivity index is 0.000000858. The minimum absolute atomic E-state index is 0.195. The van der Waals surface area contributed by atoms with Crippen LogP contribution in [0.2, 0.25) is 10.0 Å². The van der Waals surface area contributed by atoms with E-state index in [1.54, 1.807) is 0 Å². The molecule has 1 aromatic heterocycles. The van der Waals surface area contributed by atoms with Crippen molar-refractivity contribution in [3.63, 3.8) is 0 Å². The zero-order chi connectivity index (χ0) is 22.4. The van der Waals surface area contributed by atoms with Crippen molar-refractivity contribution >= 4 is 41.3 Å². The van der Waals surface area contributed by atoms with Crippen molar-refractivity contribution in [2.45, 2.75) is 25.3 Å². The van der Waals surface area contributed by atoms with Crippen LogP contribution in [0.4, 0.5) is 5.69 Å². The molecule has 2 aliphatic heterocycles. The molecule has 9 heteroatoms. The molecule has 4 rings (SSSR count). The quantitative estimate of drug-likeness (QED) is 0.644. The van der Waals surface area contributed by atoms with E-state index < -0.39 is 5.97 Å². The monoisotopic (exact) mass is 465 g/mol. The van der Waals surface area contributed by atoms with Gasteiger partial charge in [0, 0.05) is 31.7 Å². The summed E-state index contributed by atoms with van der Waals surface area (Å²) in [5.41, 5.74) is 3.17. The standard InChI is InChI=1S/C21H23Cl2N3O2.CH2O2/c22-18-2-1-3-19(23)20(18)26-11-16(12-26)15-4-5-17(24-10-15)13-25-8-6-14(7-9-25)21(27)28;2-1-3/h1-5,10,14,16H,6-9,11-13H2,(H,27,28);1H,(H,2,3). The lowest BCUT2D eigenvalue weighted by atomic mass is 9.92.